The molecule has 18 heteroatoms. The maximum atomic E-state index is 13.1. The van der Waals surface area contributed by atoms with Gasteiger partial charge in [-0.2, -0.15) is 0 Å². The van der Waals surface area contributed by atoms with Crippen LogP contribution < -0.4 is 0 Å². The van der Waals surface area contributed by atoms with Gasteiger partial charge < -0.3 is 34.2 Å². The van der Waals surface area contributed by atoms with E-state index < -0.39 is 91.5 Å². The van der Waals surface area contributed by atoms with Gasteiger partial charge in [-0.25, -0.2) is 9.13 Å². The van der Waals surface area contributed by atoms with E-state index in [2.05, 4.69) is 179 Å². The minimum Gasteiger partial charge on any atom is -0.463 e. The van der Waals surface area contributed by atoms with E-state index in [1.165, 1.54) is 193 Å². The average molecular weight is 1730 g/mol. The van der Waals surface area contributed by atoms with Crippen molar-refractivity contribution in [3.05, 3.63) is 158 Å². The molecule has 0 aromatic rings. The van der Waals surface area contributed by atoms with Crippen molar-refractivity contribution in [3.63, 3.8) is 0 Å². The molecule has 5 unspecified atom stereocenters. The van der Waals surface area contributed by atoms with Crippen LogP contribution in [0.2, 0.25) is 0 Å². The Morgan fingerprint density at radius 3 is 0.694 bits per heavy atom. The molecule has 0 amide bonds. The second-order valence-corrected chi connectivity index (χ2v) is 35.4. The van der Waals surface area contributed by atoms with E-state index in [9.17, 15) is 43.5 Å². The molecule has 121 heavy (non-hydrogen) atoms. The van der Waals surface area contributed by atoms with Crippen LogP contribution in [0.15, 0.2) is 158 Å². The van der Waals surface area contributed by atoms with E-state index in [1.807, 2.05) is 0 Å². The maximum Gasteiger partial charge on any atom is 0.472 e. The van der Waals surface area contributed by atoms with Gasteiger partial charge in [-0.3, -0.25) is 32.5 Å². The number of hydrogen-bond acceptors (Lipinski definition) is 14. The van der Waals surface area contributed by atoms with Gasteiger partial charge in [0.2, 0.25) is 0 Å². The summed E-state index contributed by atoms with van der Waals surface area (Å²) < 4.78 is 61.6. The van der Waals surface area contributed by atoms with Gasteiger partial charge in [0.25, 0.3) is 0 Å². The summed E-state index contributed by atoms with van der Waals surface area (Å²) in [6, 6.07) is 0. The average Bonchev–Trinajstić information content (AvgIpc) is 0.899. The van der Waals surface area contributed by atoms with Crippen molar-refractivity contribution in [2.45, 2.75) is 437 Å². The van der Waals surface area contributed by atoms with E-state index in [0.29, 0.717) is 19.3 Å². The molecule has 0 aliphatic heterocycles. The summed E-state index contributed by atoms with van der Waals surface area (Å²) in [6.07, 6.45) is 121. The van der Waals surface area contributed by atoms with E-state index in [4.69, 9.17) is 32.3 Å². The molecule has 0 aromatic carbocycles. The lowest BCUT2D eigenvalue weighted by molar-refractivity contribution is -0.161. The molecule has 0 heterocycles. The quantitative estimate of drug-likeness (QED) is 0.0146. The fourth-order valence-electron chi connectivity index (χ4n) is 13.3. The van der Waals surface area contributed by atoms with Crippen LogP contribution in [0.25, 0.3) is 0 Å². The Morgan fingerprint density at radius 1 is 0.240 bits per heavy atom. The number of esters is 3. The monoisotopic (exact) mass is 1730 g/mol. The molecule has 16 nitrogen and oxygen atoms in total. The summed E-state index contributed by atoms with van der Waals surface area (Å²) in [5.41, 5.74) is 0. The molecule has 0 aliphatic carbocycles. The number of aliphatic hydroxyl groups is 2. The first-order valence-electron chi connectivity index (χ1n) is 48.8. The first kappa shape index (κ1) is 116. The molecular formula is C103H178O16P2. The van der Waals surface area contributed by atoms with Crippen LogP contribution in [0.5, 0.6) is 0 Å². The third kappa shape index (κ3) is 95.7. The topological polar surface area (TPSA) is 231 Å². The fraction of sp³-hybridized carbons (Fsp3) is 0.718. The molecule has 0 radical (unpaired) electrons. The standard InChI is InChI=1S/C103H178O16P2/c1-4-7-10-13-16-19-22-25-28-31-34-37-40-42-44-46-47-48-49-51-53-54-57-59-62-65-68-71-74-77-80-83-86-89-101(106)113-92-98(104)93-115-120(109,110)116-94-99(105)95-117-121(111,112)118-97-100(119-103(108)91-88-85-82-79-76-73-70-67-64-61-56-39-36-33-30-27-24-21-18-15-12-9-6-3)96-114-102(107)90-87-84-81-78-75-72-69-66-63-60-58-55-52-50-45-43-41-38-35-32-29-26-23-20-17-14-11-8-5-2/h8,11,16-21,25-30,34-39,42-45,61,64,98-100,104-105H,4-7,9-10,12-15,22-24,31-33,40-41,46-60,62-63,65-97H2,1-3H3,(H,109,110)(H,111,112)/b11-8-,19-16-,20-17-,21-18-,28-25-,29-26-,30-27-,37-34-,38-35-,39-36-,44-42-,45-43-,64-61-. The Labute approximate surface area is 740 Å². The highest BCUT2D eigenvalue weighted by molar-refractivity contribution is 7.47. The van der Waals surface area contributed by atoms with E-state index in [-0.39, 0.29) is 19.3 Å². The van der Waals surface area contributed by atoms with E-state index >= 15 is 0 Å². The van der Waals surface area contributed by atoms with Gasteiger partial charge in [0.05, 0.1) is 26.4 Å². The fourth-order valence-corrected chi connectivity index (χ4v) is 14.9. The zero-order chi connectivity index (χ0) is 87.9. The molecule has 0 fully saturated rings. The summed E-state index contributed by atoms with van der Waals surface area (Å²) >= 11 is 0. The maximum absolute atomic E-state index is 13.1. The van der Waals surface area contributed by atoms with Crippen molar-refractivity contribution in [1.29, 1.82) is 0 Å². The lowest BCUT2D eigenvalue weighted by atomic mass is 10.0. The lowest BCUT2D eigenvalue weighted by Gasteiger charge is -2.21. The van der Waals surface area contributed by atoms with Gasteiger partial charge >= 0.3 is 33.6 Å². The van der Waals surface area contributed by atoms with Crippen molar-refractivity contribution in [2.24, 2.45) is 0 Å². The largest absolute Gasteiger partial charge is 0.472 e. The lowest BCUT2D eigenvalue weighted by Crippen LogP contribution is -2.30. The predicted octanol–water partition coefficient (Wildman–Crippen LogP) is 30.5. The summed E-state index contributed by atoms with van der Waals surface area (Å²) in [5.74, 6) is -1.58. The second kappa shape index (κ2) is 94.3. The minimum atomic E-state index is -4.95. The number of unbranched alkanes of at least 4 members (excludes halogenated alkanes) is 43. The van der Waals surface area contributed by atoms with Gasteiger partial charge in [-0.05, 0) is 154 Å². The number of allylic oxidation sites excluding steroid dienone is 26. The highest BCUT2D eigenvalue weighted by Gasteiger charge is 2.30. The first-order valence-corrected chi connectivity index (χ1v) is 51.8. The third-order valence-corrected chi connectivity index (χ3v) is 22.6. The Bertz CT molecular complexity index is 2830. The van der Waals surface area contributed by atoms with Crippen LogP contribution in [0, 0.1) is 0 Å². The van der Waals surface area contributed by atoms with Crippen molar-refractivity contribution < 1.29 is 75.8 Å². The van der Waals surface area contributed by atoms with Gasteiger partial charge in [0, 0.05) is 19.3 Å². The van der Waals surface area contributed by atoms with Gasteiger partial charge in [0.15, 0.2) is 6.10 Å². The molecule has 0 aromatic heterocycles. The molecule has 0 rings (SSSR count). The number of carbonyl (C=O) groups excluding carboxylic acids is 3. The molecule has 0 bridgehead atoms. The molecule has 0 saturated heterocycles. The SMILES string of the molecule is CC/C=C\C/C=C\C/C=C\C/C=C\C/C=C\CCCCCCCCCCCCCCCC(=O)OCC(COP(=O)(O)OCC(O)COP(=O)(O)OCC(O)COC(=O)CCCCCCCCCCCCCCCCCCC/C=C\C/C=C\C/C=C\C/C=C\CCCCC)OC(=O)CCCCCCCCC/C=C\C/C=C\C/C=C\C/C=C\CCCCC. The van der Waals surface area contributed by atoms with Crippen LogP contribution in [0.3, 0.4) is 0 Å². The van der Waals surface area contributed by atoms with Crippen molar-refractivity contribution >= 4 is 33.6 Å². The number of carbonyl (C=O) groups is 3. The Hall–Kier alpha value is -4.83. The smallest absolute Gasteiger partial charge is 0.463 e. The normalized spacial score (nSPS) is 14.4. The highest BCUT2D eigenvalue weighted by atomic mass is 31.2. The van der Waals surface area contributed by atoms with Crippen LogP contribution in [0.1, 0.15) is 419 Å². The minimum absolute atomic E-state index is 0.0893. The zero-order valence-electron chi connectivity index (χ0n) is 76.9. The van der Waals surface area contributed by atoms with Crippen molar-refractivity contribution in [1.82, 2.24) is 0 Å². The first-order chi connectivity index (χ1) is 59.2. The summed E-state index contributed by atoms with van der Waals surface area (Å²) in [4.78, 5) is 59.1. The number of ether oxygens (including phenoxy) is 3. The summed E-state index contributed by atoms with van der Waals surface area (Å²) in [5, 5.41) is 20.8. The van der Waals surface area contributed by atoms with Gasteiger partial charge in [-0.15, -0.1) is 0 Å². The van der Waals surface area contributed by atoms with Gasteiger partial charge in [-0.1, -0.05) is 403 Å². The van der Waals surface area contributed by atoms with Crippen LogP contribution in [-0.2, 0) is 55.8 Å². The van der Waals surface area contributed by atoms with Crippen molar-refractivity contribution in [2.75, 3.05) is 39.6 Å². The number of phosphoric ester groups is 2. The third-order valence-electron chi connectivity index (χ3n) is 20.7. The number of aliphatic hydroxyl groups excluding tert-OH is 2. The van der Waals surface area contributed by atoms with E-state index in [1.54, 1.807) is 0 Å². The Kier molecular flexibility index (Phi) is 90.5. The van der Waals surface area contributed by atoms with E-state index in [0.717, 1.165) is 167 Å². The molecule has 0 saturated carbocycles. The predicted molar refractivity (Wildman–Crippen MR) is 509 cm³/mol. The zero-order valence-corrected chi connectivity index (χ0v) is 78.7. The van der Waals surface area contributed by atoms with Crippen molar-refractivity contribution in [3.8, 4) is 0 Å². The molecule has 4 N–H and O–H groups in total. The molecule has 5 atom stereocenters. The molecular weight excluding hydrogens is 1560 g/mol. The van der Waals surface area contributed by atoms with Crippen LogP contribution in [-0.4, -0.2) is 95.9 Å². The Morgan fingerprint density at radius 2 is 0.438 bits per heavy atom. The molecule has 0 aliphatic rings. The highest BCUT2D eigenvalue weighted by Crippen LogP contribution is 2.45. The number of hydrogen-bond donors (Lipinski definition) is 4. The molecule has 0 spiro atoms. The number of phosphoric acid groups is 2. The summed E-state index contributed by atoms with van der Waals surface area (Å²) in [7, 11) is -9.82. The van der Waals surface area contributed by atoms with Gasteiger partial charge in [0.1, 0.15) is 25.4 Å². The van der Waals surface area contributed by atoms with Crippen LogP contribution >= 0.6 is 15.6 Å². The Balaban J connectivity index is 4.58. The molecule has 696 valence electrons. The van der Waals surface area contributed by atoms with Crippen LogP contribution in [0.4, 0.5) is 0 Å². The summed E-state index contributed by atoms with van der Waals surface area (Å²) in [6.45, 7) is 2.56. The second-order valence-electron chi connectivity index (χ2n) is 32.5. The number of rotatable bonds is 92.